The van der Waals surface area contributed by atoms with Gasteiger partial charge in [0.15, 0.2) is 0 Å². The van der Waals surface area contributed by atoms with E-state index in [2.05, 4.69) is 0 Å². The standard InChI is InChI=1S/C10H16N2O2S/c1-7-6-8(10(2,3)13)4-5-9(7)15(11,12)14/h4-6,13H,1-3H3,(H3,11,12,14). The fourth-order valence-electron chi connectivity index (χ4n) is 1.37. The molecule has 0 saturated carbocycles. The highest BCUT2D eigenvalue weighted by Gasteiger charge is 2.17. The molecule has 0 aliphatic heterocycles. The molecular weight excluding hydrogens is 212 g/mol. The van der Waals surface area contributed by atoms with Crippen molar-refractivity contribution in [3.8, 4) is 0 Å². The van der Waals surface area contributed by atoms with E-state index in [1.807, 2.05) is 0 Å². The summed E-state index contributed by atoms with van der Waals surface area (Å²) in [5.74, 6) is 0. The molecule has 0 heterocycles. The fraction of sp³-hybridized carbons (Fsp3) is 0.400. The summed E-state index contributed by atoms with van der Waals surface area (Å²) >= 11 is 0. The van der Waals surface area contributed by atoms with Crippen LogP contribution in [0.5, 0.6) is 0 Å². The van der Waals surface area contributed by atoms with E-state index < -0.39 is 15.5 Å². The van der Waals surface area contributed by atoms with Crippen LogP contribution in [0.15, 0.2) is 23.1 Å². The average Bonchev–Trinajstić information content (AvgIpc) is 1.99. The van der Waals surface area contributed by atoms with Gasteiger partial charge in [-0.05, 0) is 38.0 Å². The van der Waals surface area contributed by atoms with Gasteiger partial charge in [-0.3, -0.25) is 0 Å². The predicted octanol–water partition coefficient (Wildman–Crippen LogP) is 1.50. The molecular formula is C10H16N2O2S. The molecule has 15 heavy (non-hydrogen) atoms. The van der Waals surface area contributed by atoms with E-state index in [1.165, 1.54) is 6.07 Å². The van der Waals surface area contributed by atoms with Crippen molar-refractivity contribution < 1.29 is 9.32 Å². The minimum Gasteiger partial charge on any atom is -0.386 e. The topological polar surface area (TPSA) is 87.2 Å². The number of aliphatic hydroxyl groups is 1. The van der Waals surface area contributed by atoms with Crippen molar-refractivity contribution >= 4 is 9.92 Å². The monoisotopic (exact) mass is 228 g/mol. The maximum Gasteiger partial charge on any atom is 0.132 e. The van der Waals surface area contributed by atoms with Crippen molar-refractivity contribution in [2.75, 3.05) is 0 Å². The van der Waals surface area contributed by atoms with Crippen LogP contribution in [0.4, 0.5) is 0 Å². The summed E-state index contributed by atoms with van der Waals surface area (Å²) < 4.78 is 18.6. The molecule has 0 amide bonds. The van der Waals surface area contributed by atoms with Gasteiger partial charge in [-0.2, -0.15) is 0 Å². The second-order valence-corrected chi connectivity index (χ2v) is 5.78. The van der Waals surface area contributed by atoms with Crippen LogP contribution in [0.3, 0.4) is 0 Å². The predicted molar refractivity (Wildman–Crippen MR) is 59.7 cm³/mol. The lowest BCUT2D eigenvalue weighted by Crippen LogP contribution is -2.17. The first kappa shape index (κ1) is 12.2. The number of hydrogen-bond donors (Lipinski definition) is 3. The van der Waals surface area contributed by atoms with Gasteiger partial charge in [0.2, 0.25) is 0 Å². The molecule has 0 aromatic heterocycles. The molecule has 1 unspecified atom stereocenters. The van der Waals surface area contributed by atoms with E-state index in [9.17, 15) is 9.32 Å². The summed E-state index contributed by atoms with van der Waals surface area (Å²) in [4.78, 5) is 0.315. The Labute approximate surface area is 90.2 Å². The van der Waals surface area contributed by atoms with Crippen molar-refractivity contribution in [3.63, 3.8) is 0 Å². The van der Waals surface area contributed by atoms with Crippen LogP contribution >= 0.6 is 0 Å². The quantitative estimate of drug-likeness (QED) is 0.716. The van der Waals surface area contributed by atoms with Crippen molar-refractivity contribution in [1.29, 1.82) is 4.78 Å². The maximum absolute atomic E-state index is 11.4. The Morgan fingerprint density at radius 3 is 2.33 bits per heavy atom. The first-order chi connectivity index (χ1) is 6.62. The smallest absolute Gasteiger partial charge is 0.132 e. The normalized spacial score (nSPS) is 16.1. The van der Waals surface area contributed by atoms with E-state index in [4.69, 9.17) is 9.92 Å². The highest BCUT2D eigenvalue weighted by atomic mass is 32.2. The molecule has 1 atom stereocenters. The number of nitrogens with one attached hydrogen (secondary N) is 1. The lowest BCUT2D eigenvalue weighted by molar-refractivity contribution is 0.0785. The molecule has 1 aromatic rings. The number of aryl methyl sites for hydroxylation is 1. The molecule has 1 aromatic carbocycles. The Morgan fingerprint density at radius 2 is 2.00 bits per heavy atom. The number of rotatable bonds is 2. The molecule has 0 spiro atoms. The third-order valence-corrected chi connectivity index (χ3v) is 3.32. The Morgan fingerprint density at radius 1 is 1.47 bits per heavy atom. The lowest BCUT2D eigenvalue weighted by Gasteiger charge is -2.19. The van der Waals surface area contributed by atoms with Gasteiger partial charge in [0.1, 0.15) is 9.92 Å². The molecule has 0 radical (unpaired) electrons. The molecule has 4 nitrogen and oxygen atoms in total. The van der Waals surface area contributed by atoms with Crippen LogP contribution in [0, 0.1) is 11.7 Å². The zero-order chi connectivity index (χ0) is 11.9. The Balaban J connectivity index is 3.34. The molecule has 0 aliphatic carbocycles. The largest absolute Gasteiger partial charge is 0.386 e. The van der Waals surface area contributed by atoms with E-state index in [-0.39, 0.29) is 0 Å². The molecule has 0 saturated heterocycles. The summed E-state index contributed by atoms with van der Waals surface area (Å²) in [5, 5.41) is 15.0. The van der Waals surface area contributed by atoms with Crippen molar-refractivity contribution in [2.45, 2.75) is 31.3 Å². The minimum atomic E-state index is -3.18. The second kappa shape index (κ2) is 3.59. The molecule has 5 heteroatoms. The van der Waals surface area contributed by atoms with Crippen LogP contribution in [0.2, 0.25) is 0 Å². The zero-order valence-corrected chi connectivity index (χ0v) is 9.89. The summed E-state index contributed by atoms with van der Waals surface area (Å²) in [7, 11) is -3.18. The van der Waals surface area contributed by atoms with Gasteiger partial charge in [-0.15, -0.1) is 0 Å². The van der Waals surface area contributed by atoms with E-state index in [1.54, 1.807) is 32.9 Å². The second-order valence-electron chi connectivity index (χ2n) is 4.14. The van der Waals surface area contributed by atoms with E-state index >= 15 is 0 Å². The summed E-state index contributed by atoms with van der Waals surface area (Å²) in [5.41, 5.74) is 0.436. The van der Waals surface area contributed by atoms with Crippen molar-refractivity contribution in [2.24, 2.45) is 5.14 Å². The fourth-order valence-corrected chi connectivity index (χ4v) is 2.18. The first-order valence-electron chi connectivity index (χ1n) is 4.52. The van der Waals surface area contributed by atoms with Crippen molar-refractivity contribution in [3.05, 3.63) is 29.3 Å². The molecule has 4 N–H and O–H groups in total. The SMILES string of the molecule is Cc1cc(C(C)(C)O)ccc1S(=N)(N)=O. The van der Waals surface area contributed by atoms with Gasteiger partial charge < -0.3 is 5.11 Å². The van der Waals surface area contributed by atoms with Crippen molar-refractivity contribution in [1.82, 2.24) is 0 Å². The van der Waals surface area contributed by atoms with E-state index in [0.29, 0.717) is 16.0 Å². The maximum atomic E-state index is 11.4. The lowest BCUT2D eigenvalue weighted by atomic mass is 9.97. The number of benzene rings is 1. The molecule has 1 rings (SSSR count). The van der Waals surface area contributed by atoms with Crippen LogP contribution in [-0.4, -0.2) is 9.32 Å². The Bertz CT molecular complexity index is 473. The third kappa shape index (κ3) is 2.77. The summed E-state index contributed by atoms with van der Waals surface area (Å²) in [6, 6.07) is 4.89. The van der Waals surface area contributed by atoms with E-state index in [0.717, 1.165) is 0 Å². The molecule has 0 bridgehead atoms. The summed E-state index contributed by atoms with van der Waals surface area (Å²) in [6.07, 6.45) is 0. The van der Waals surface area contributed by atoms with Gasteiger partial charge in [0.05, 0.1) is 10.5 Å². The van der Waals surface area contributed by atoms with Gasteiger partial charge in [0.25, 0.3) is 0 Å². The Hall–Kier alpha value is -0.910. The van der Waals surface area contributed by atoms with Gasteiger partial charge >= 0.3 is 0 Å². The van der Waals surface area contributed by atoms with Crippen LogP contribution in [0.1, 0.15) is 25.0 Å². The highest BCUT2D eigenvalue weighted by molar-refractivity contribution is 7.90. The third-order valence-electron chi connectivity index (χ3n) is 2.21. The molecule has 0 fully saturated rings. The van der Waals surface area contributed by atoms with Gasteiger partial charge in [-0.25, -0.2) is 14.1 Å². The van der Waals surface area contributed by atoms with Crippen LogP contribution in [-0.2, 0) is 15.5 Å². The summed E-state index contributed by atoms with van der Waals surface area (Å²) in [6.45, 7) is 5.06. The molecule has 0 aliphatic rings. The Kier molecular flexibility index (Phi) is 2.91. The first-order valence-corrected chi connectivity index (χ1v) is 6.14. The minimum absolute atomic E-state index is 0.315. The van der Waals surface area contributed by atoms with Gasteiger partial charge in [0, 0.05) is 0 Å². The number of hydrogen-bond acceptors (Lipinski definition) is 3. The van der Waals surface area contributed by atoms with Gasteiger partial charge in [-0.1, -0.05) is 12.1 Å². The average molecular weight is 228 g/mol. The zero-order valence-electron chi connectivity index (χ0n) is 9.07. The molecule has 84 valence electrons. The van der Waals surface area contributed by atoms with Crippen LogP contribution < -0.4 is 5.14 Å². The number of nitrogens with two attached hydrogens (primary N) is 1. The highest BCUT2D eigenvalue weighted by Crippen LogP contribution is 2.23. The van der Waals surface area contributed by atoms with Crippen LogP contribution in [0.25, 0.3) is 0 Å².